The molecule has 1 unspecified atom stereocenters. The van der Waals surface area contributed by atoms with E-state index in [1.54, 1.807) is 12.1 Å². The highest BCUT2D eigenvalue weighted by molar-refractivity contribution is 5.41. The molecule has 1 heterocycles. The first kappa shape index (κ1) is 12.0. The van der Waals surface area contributed by atoms with Gasteiger partial charge in [-0.05, 0) is 25.1 Å². The van der Waals surface area contributed by atoms with Gasteiger partial charge < -0.3 is 5.32 Å². The van der Waals surface area contributed by atoms with Crippen LogP contribution in [0.5, 0.6) is 0 Å². The summed E-state index contributed by atoms with van der Waals surface area (Å²) in [5.74, 6) is 0. The van der Waals surface area contributed by atoms with Gasteiger partial charge in [-0.3, -0.25) is 15.0 Å². The number of benzene rings is 1. The lowest BCUT2D eigenvalue weighted by Crippen LogP contribution is -2.44. The van der Waals surface area contributed by atoms with Crippen molar-refractivity contribution in [1.29, 1.82) is 0 Å². The summed E-state index contributed by atoms with van der Waals surface area (Å²) in [6, 6.07) is 5.32. The maximum absolute atomic E-state index is 10.8. The van der Waals surface area contributed by atoms with E-state index in [-0.39, 0.29) is 16.7 Å². The molecule has 0 aromatic heterocycles. The van der Waals surface area contributed by atoms with Crippen LogP contribution in [0.2, 0.25) is 0 Å². The normalized spacial score (nSPS) is 21.4. The standard InChI is InChI=1S/C12H17N3O2/c1-9-3-4-10(15(16)17)7-11(9)12-8-13-5-6-14(12)2/h3-4,7,12-13H,5-6,8H2,1-2H3. The SMILES string of the molecule is Cc1ccc([N+](=O)[O-])cc1C1CNCCN1C. The van der Waals surface area contributed by atoms with Crippen LogP contribution in [0.3, 0.4) is 0 Å². The fraction of sp³-hybridized carbons (Fsp3) is 0.500. The molecule has 17 heavy (non-hydrogen) atoms. The number of nitro groups is 1. The molecule has 5 heteroatoms. The molecule has 1 aromatic rings. The average molecular weight is 235 g/mol. The van der Waals surface area contributed by atoms with E-state index in [0.717, 1.165) is 30.8 Å². The minimum Gasteiger partial charge on any atom is -0.314 e. The highest BCUT2D eigenvalue weighted by atomic mass is 16.6. The van der Waals surface area contributed by atoms with Crippen LogP contribution in [0.25, 0.3) is 0 Å². The molecule has 1 aromatic carbocycles. The summed E-state index contributed by atoms with van der Waals surface area (Å²) in [5, 5.41) is 14.1. The zero-order valence-corrected chi connectivity index (χ0v) is 10.1. The number of nitro benzene ring substituents is 1. The van der Waals surface area contributed by atoms with Crippen molar-refractivity contribution in [3.05, 3.63) is 39.4 Å². The average Bonchev–Trinajstić information content (AvgIpc) is 2.30. The zero-order chi connectivity index (χ0) is 12.4. The molecule has 1 atom stereocenters. The molecule has 0 radical (unpaired) electrons. The van der Waals surface area contributed by atoms with Crippen LogP contribution in [0.1, 0.15) is 17.2 Å². The Bertz CT molecular complexity index is 434. The van der Waals surface area contributed by atoms with Crippen molar-refractivity contribution in [2.75, 3.05) is 26.7 Å². The highest BCUT2D eigenvalue weighted by Crippen LogP contribution is 2.27. The number of piperazine rings is 1. The first-order valence-corrected chi connectivity index (χ1v) is 5.75. The van der Waals surface area contributed by atoms with E-state index < -0.39 is 0 Å². The molecule has 5 nitrogen and oxygen atoms in total. The molecular weight excluding hydrogens is 218 g/mol. The molecule has 1 aliphatic heterocycles. The lowest BCUT2D eigenvalue weighted by atomic mass is 9.98. The number of aryl methyl sites for hydroxylation is 1. The first-order valence-electron chi connectivity index (χ1n) is 5.75. The molecular formula is C12H17N3O2. The van der Waals surface area contributed by atoms with Gasteiger partial charge >= 0.3 is 0 Å². The van der Waals surface area contributed by atoms with Gasteiger partial charge in [-0.2, -0.15) is 0 Å². The number of nitrogens with zero attached hydrogens (tertiary/aromatic N) is 2. The van der Waals surface area contributed by atoms with E-state index >= 15 is 0 Å². The fourth-order valence-corrected chi connectivity index (χ4v) is 2.25. The Morgan fingerprint density at radius 3 is 2.94 bits per heavy atom. The summed E-state index contributed by atoms with van der Waals surface area (Å²) in [6.45, 7) is 4.79. The fourth-order valence-electron chi connectivity index (χ4n) is 2.25. The second-order valence-electron chi connectivity index (χ2n) is 4.50. The molecule has 0 amide bonds. The van der Waals surface area contributed by atoms with Gasteiger partial charge in [-0.25, -0.2) is 0 Å². The van der Waals surface area contributed by atoms with Crippen molar-refractivity contribution in [2.45, 2.75) is 13.0 Å². The summed E-state index contributed by atoms with van der Waals surface area (Å²) < 4.78 is 0. The monoisotopic (exact) mass is 235 g/mol. The highest BCUT2D eigenvalue weighted by Gasteiger charge is 2.23. The van der Waals surface area contributed by atoms with Crippen molar-refractivity contribution in [1.82, 2.24) is 10.2 Å². The van der Waals surface area contributed by atoms with E-state index in [9.17, 15) is 10.1 Å². The first-order chi connectivity index (χ1) is 8.09. The van der Waals surface area contributed by atoms with Crippen molar-refractivity contribution in [2.24, 2.45) is 0 Å². The van der Waals surface area contributed by atoms with Gasteiger partial charge in [-0.15, -0.1) is 0 Å². The van der Waals surface area contributed by atoms with E-state index in [1.165, 1.54) is 0 Å². The van der Waals surface area contributed by atoms with Crippen LogP contribution in [-0.4, -0.2) is 36.5 Å². The van der Waals surface area contributed by atoms with Crippen LogP contribution in [0.15, 0.2) is 18.2 Å². The Morgan fingerprint density at radius 2 is 2.29 bits per heavy atom. The Kier molecular flexibility index (Phi) is 3.40. The molecule has 0 aliphatic carbocycles. The zero-order valence-electron chi connectivity index (χ0n) is 10.1. The second-order valence-corrected chi connectivity index (χ2v) is 4.50. The number of nitrogens with one attached hydrogen (secondary N) is 1. The molecule has 92 valence electrons. The number of hydrogen-bond donors (Lipinski definition) is 1. The van der Waals surface area contributed by atoms with E-state index in [1.807, 2.05) is 13.0 Å². The van der Waals surface area contributed by atoms with Crippen molar-refractivity contribution in [3.63, 3.8) is 0 Å². The molecule has 1 aliphatic rings. The smallest absolute Gasteiger partial charge is 0.269 e. The summed E-state index contributed by atoms with van der Waals surface area (Å²) >= 11 is 0. The summed E-state index contributed by atoms with van der Waals surface area (Å²) in [6.07, 6.45) is 0. The summed E-state index contributed by atoms with van der Waals surface area (Å²) in [5.41, 5.74) is 2.33. The third-order valence-electron chi connectivity index (χ3n) is 3.34. The van der Waals surface area contributed by atoms with Crippen LogP contribution in [0, 0.1) is 17.0 Å². The maximum atomic E-state index is 10.8. The van der Waals surface area contributed by atoms with Gasteiger partial charge in [-0.1, -0.05) is 6.07 Å². The van der Waals surface area contributed by atoms with Gasteiger partial charge in [0.25, 0.3) is 5.69 Å². The Labute approximate surface area is 101 Å². The Morgan fingerprint density at radius 1 is 1.53 bits per heavy atom. The molecule has 0 bridgehead atoms. The maximum Gasteiger partial charge on any atom is 0.269 e. The number of non-ortho nitro benzene ring substituents is 1. The molecule has 1 fully saturated rings. The Hall–Kier alpha value is -1.46. The van der Waals surface area contributed by atoms with Gasteiger partial charge in [0.15, 0.2) is 0 Å². The summed E-state index contributed by atoms with van der Waals surface area (Å²) in [7, 11) is 2.06. The predicted molar refractivity (Wildman–Crippen MR) is 66.1 cm³/mol. The van der Waals surface area contributed by atoms with Gasteiger partial charge in [0.1, 0.15) is 0 Å². The van der Waals surface area contributed by atoms with Crippen LogP contribution < -0.4 is 5.32 Å². The van der Waals surface area contributed by atoms with E-state index in [2.05, 4.69) is 17.3 Å². The van der Waals surface area contributed by atoms with Crippen molar-refractivity contribution < 1.29 is 4.92 Å². The van der Waals surface area contributed by atoms with E-state index in [0.29, 0.717) is 0 Å². The lowest BCUT2D eigenvalue weighted by molar-refractivity contribution is -0.385. The number of rotatable bonds is 2. The van der Waals surface area contributed by atoms with Gasteiger partial charge in [0.2, 0.25) is 0 Å². The topological polar surface area (TPSA) is 58.4 Å². The minimum atomic E-state index is -0.334. The quantitative estimate of drug-likeness (QED) is 0.623. The largest absolute Gasteiger partial charge is 0.314 e. The second kappa shape index (κ2) is 4.81. The van der Waals surface area contributed by atoms with Crippen molar-refractivity contribution in [3.8, 4) is 0 Å². The van der Waals surface area contributed by atoms with Crippen molar-refractivity contribution >= 4 is 5.69 Å². The molecule has 0 spiro atoms. The van der Waals surface area contributed by atoms with Gasteiger partial charge in [0, 0.05) is 37.8 Å². The van der Waals surface area contributed by atoms with Crippen LogP contribution in [0.4, 0.5) is 5.69 Å². The third-order valence-corrected chi connectivity index (χ3v) is 3.34. The molecule has 2 rings (SSSR count). The summed E-state index contributed by atoms with van der Waals surface area (Å²) in [4.78, 5) is 12.7. The third kappa shape index (κ3) is 2.45. The predicted octanol–water partition coefficient (Wildman–Crippen LogP) is 1.48. The van der Waals surface area contributed by atoms with E-state index in [4.69, 9.17) is 0 Å². The number of likely N-dealkylation sites (N-methyl/N-ethyl adjacent to an activating group) is 1. The molecule has 1 saturated heterocycles. The van der Waals surface area contributed by atoms with Gasteiger partial charge in [0.05, 0.1) is 4.92 Å². The Balaban J connectivity index is 2.35. The minimum absolute atomic E-state index is 0.171. The van der Waals surface area contributed by atoms with Crippen LogP contribution in [-0.2, 0) is 0 Å². The lowest BCUT2D eigenvalue weighted by Gasteiger charge is -2.34. The number of hydrogen-bond acceptors (Lipinski definition) is 4. The molecule has 1 N–H and O–H groups in total. The van der Waals surface area contributed by atoms with Crippen LogP contribution >= 0.6 is 0 Å². The molecule has 0 saturated carbocycles.